The van der Waals surface area contributed by atoms with Gasteiger partial charge in [-0.25, -0.2) is 19.9 Å². The molecule has 1 amide bonds. The number of imidazole rings is 1. The number of aromatic amines is 1. The predicted octanol–water partition coefficient (Wildman–Crippen LogP) is 5.15. The number of anilines is 3. The third-order valence-corrected chi connectivity index (χ3v) is 6.29. The van der Waals surface area contributed by atoms with Crippen LogP contribution in [0, 0.1) is 12.8 Å². The Morgan fingerprint density at radius 2 is 2.05 bits per heavy atom. The van der Waals surface area contributed by atoms with Gasteiger partial charge in [-0.1, -0.05) is 6.07 Å². The second-order valence-electron chi connectivity index (χ2n) is 8.92. The number of fused-ring (bicyclic) bond motifs is 1. The van der Waals surface area contributed by atoms with E-state index in [-0.39, 0.29) is 25.4 Å². The van der Waals surface area contributed by atoms with E-state index in [1.54, 1.807) is 30.7 Å². The Kier molecular flexibility index (Phi) is 6.74. The SMILES string of the molecule is Cc1ccc(NC(=O)C[C@@H]2CCO[C@H](C(F)(F)F)C2)cc1Nc1ncccc1-c1ncnc2nc[nH]c12. The summed E-state index contributed by atoms with van der Waals surface area (Å²) in [6, 6.07) is 9.03. The fraction of sp³-hybridized carbons (Fsp3) is 0.320. The number of amides is 1. The molecule has 0 radical (unpaired) electrons. The molecule has 3 N–H and O–H groups in total. The second-order valence-corrected chi connectivity index (χ2v) is 8.92. The Morgan fingerprint density at radius 3 is 2.89 bits per heavy atom. The van der Waals surface area contributed by atoms with Gasteiger partial charge in [0.25, 0.3) is 0 Å². The van der Waals surface area contributed by atoms with Crippen LogP contribution in [0.4, 0.5) is 30.4 Å². The number of nitrogens with zero attached hydrogens (tertiary/aromatic N) is 4. The summed E-state index contributed by atoms with van der Waals surface area (Å²) in [5.74, 6) is -0.195. The lowest BCUT2D eigenvalue weighted by Crippen LogP contribution is -2.38. The number of ether oxygens (including phenoxy) is 1. The van der Waals surface area contributed by atoms with Crippen molar-refractivity contribution in [2.45, 2.75) is 38.5 Å². The highest BCUT2D eigenvalue weighted by Gasteiger charge is 2.43. The van der Waals surface area contributed by atoms with Crippen molar-refractivity contribution in [1.82, 2.24) is 24.9 Å². The molecule has 4 heterocycles. The summed E-state index contributed by atoms with van der Waals surface area (Å²) in [5.41, 5.74) is 4.70. The fourth-order valence-corrected chi connectivity index (χ4v) is 4.38. The van der Waals surface area contributed by atoms with E-state index < -0.39 is 18.2 Å². The maximum atomic E-state index is 13.0. The summed E-state index contributed by atoms with van der Waals surface area (Å²) >= 11 is 0. The Hall–Kier alpha value is -4.06. The van der Waals surface area contributed by atoms with Crippen LogP contribution >= 0.6 is 0 Å². The van der Waals surface area contributed by atoms with Gasteiger partial charge >= 0.3 is 6.18 Å². The van der Waals surface area contributed by atoms with Crippen LogP contribution < -0.4 is 10.6 Å². The largest absolute Gasteiger partial charge is 0.414 e. The zero-order chi connectivity index (χ0) is 26.0. The van der Waals surface area contributed by atoms with Crippen LogP contribution in [0.2, 0.25) is 0 Å². The van der Waals surface area contributed by atoms with Gasteiger partial charge in [-0.15, -0.1) is 0 Å². The topological polar surface area (TPSA) is 118 Å². The molecule has 3 aromatic heterocycles. The van der Waals surface area contributed by atoms with Gasteiger partial charge in [0, 0.05) is 36.2 Å². The summed E-state index contributed by atoms with van der Waals surface area (Å²) in [7, 11) is 0. The zero-order valence-corrected chi connectivity index (χ0v) is 19.8. The minimum atomic E-state index is -4.42. The van der Waals surface area contributed by atoms with Gasteiger partial charge in [0.1, 0.15) is 23.4 Å². The van der Waals surface area contributed by atoms with Crippen molar-refractivity contribution in [3.63, 3.8) is 0 Å². The Bertz CT molecular complexity index is 1420. The summed E-state index contributed by atoms with van der Waals surface area (Å²) in [6.45, 7) is 1.90. The van der Waals surface area contributed by atoms with Crippen molar-refractivity contribution in [2.75, 3.05) is 17.2 Å². The molecule has 1 aliphatic rings. The third kappa shape index (κ3) is 5.53. The van der Waals surface area contributed by atoms with Crippen LogP contribution in [-0.2, 0) is 9.53 Å². The predicted molar refractivity (Wildman–Crippen MR) is 131 cm³/mol. The molecule has 0 bridgehead atoms. The smallest absolute Gasteiger partial charge is 0.369 e. The molecule has 5 rings (SSSR count). The number of aryl methyl sites for hydroxylation is 1. The van der Waals surface area contributed by atoms with E-state index in [0.29, 0.717) is 40.5 Å². The maximum Gasteiger partial charge on any atom is 0.414 e. The van der Waals surface area contributed by atoms with Gasteiger partial charge < -0.3 is 20.4 Å². The molecule has 9 nitrogen and oxygen atoms in total. The molecular weight excluding hydrogens is 487 g/mol. The van der Waals surface area contributed by atoms with Gasteiger partial charge in [-0.2, -0.15) is 13.2 Å². The van der Waals surface area contributed by atoms with E-state index in [1.165, 1.54) is 6.33 Å². The zero-order valence-electron chi connectivity index (χ0n) is 19.8. The molecular formula is C25H24F3N7O2. The normalized spacial score (nSPS) is 18.1. The van der Waals surface area contributed by atoms with Crippen LogP contribution in [-0.4, -0.2) is 49.7 Å². The minimum absolute atomic E-state index is 0.00907. The average molecular weight is 512 g/mol. The van der Waals surface area contributed by atoms with Crippen molar-refractivity contribution in [1.29, 1.82) is 0 Å². The Labute approximate surface area is 209 Å². The molecule has 0 unspecified atom stereocenters. The number of aromatic nitrogens is 5. The van der Waals surface area contributed by atoms with Gasteiger partial charge in [-0.05, 0) is 55.5 Å². The van der Waals surface area contributed by atoms with Crippen LogP contribution in [0.15, 0.2) is 49.2 Å². The van der Waals surface area contributed by atoms with Crippen molar-refractivity contribution in [3.05, 3.63) is 54.7 Å². The standard InChI is InChI=1S/C25H24F3N7O2/c1-14-4-5-16(34-20(36)10-15-6-8-37-19(9-15)25(26,27)28)11-18(14)35-23-17(3-2-7-29-23)21-22-24(32-12-30-21)33-13-31-22/h2-5,7,11-13,15,19H,6,8-10H2,1H3,(H,29,35)(H,34,36)(H,30,31,32,33)/t15-,19+/m1/s1. The number of alkyl halides is 3. The van der Waals surface area contributed by atoms with E-state index in [9.17, 15) is 18.0 Å². The number of halogens is 3. The molecule has 1 aromatic carbocycles. The summed E-state index contributed by atoms with van der Waals surface area (Å²) in [6.07, 6.45) is -1.42. The summed E-state index contributed by atoms with van der Waals surface area (Å²) in [5, 5.41) is 6.12. The van der Waals surface area contributed by atoms with E-state index in [2.05, 4.69) is 35.6 Å². The minimum Gasteiger partial charge on any atom is -0.369 e. The van der Waals surface area contributed by atoms with Crippen LogP contribution in [0.5, 0.6) is 0 Å². The van der Waals surface area contributed by atoms with Crippen molar-refractivity contribution >= 4 is 34.3 Å². The molecule has 1 aliphatic heterocycles. The van der Waals surface area contributed by atoms with Gasteiger partial charge in [0.05, 0.1) is 6.33 Å². The van der Waals surface area contributed by atoms with Crippen molar-refractivity contribution in [2.24, 2.45) is 5.92 Å². The number of rotatable bonds is 6. The molecule has 0 aliphatic carbocycles. The first-order valence-corrected chi connectivity index (χ1v) is 11.7. The van der Waals surface area contributed by atoms with E-state index >= 15 is 0 Å². The van der Waals surface area contributed by atoms with Gasteiger partial charge in [-0.3, -0.25) is 4.79 Å². The first-order chi connectivity index (χ1) is 17.8. The van der Waals surface area contributed by atoms with Crippen LogP contribution in [0.1, 0.15) is 24.8 Å². The molecule has 37 heavy (non-hydrogen) atoms. The molecule has 0 saturated carbocycles. The van der Waals surface area contributed by atoms with Gasteiger partial charge in [0.2, 0.25) is 5.91 Å². The quantitative estimate of drug-likeness (QED) is 0.328. The van der Waals surface area contributed by atoms with E-state index in [1.807, 2.05) is 19.1 Å². The Morgan fingerprint density at radius 1 is 1.19 bits per heavy atom. The molecule has 1 fully saturated rings. The van der Waals surface area contributed by atoms with E-state index in [0.717, 1.165) is 11.1 Å². The number of nitrogens with one attached hydrogen (secondary N) is 3. The number of benzene rings is 1. The Balaban J connectivity index is 1.32. The number of H-pyrrole nitrogens is 1. The second kappa shape index (κ2) is 10.1. The maximum absolute atomic E-state index is 13.0. The van der Waals surface area contributed by atoms with Gasteiger partial charge in [0.15, 0.2) is 11.8 Å². The number of hydrogen-bond acceptors (Lipinski definition) is 7. The number of carbonyl (C=O) groups is 1. The fourth-order valence-electron chi connectivity index (χ4n) is 4.38. The molecule has 0 spiro atoms. The summed E-state index contributed by atoms with van der Waals surface area (Å²) in [4.78, 5) is 32.9. The van der Waals surface area contributed by atoms with Crippen LogP contribution in [0.25, 0.3) is 22.4 Å². The first kappa shape index (κ1) is 24.6. The number of carbonyl (C=O) groups excluding carboxylic acids is 1. The monoisotopic (exact) mass is 511 g/mol. The highest BCUT2D eigenvalue weighted by molar-refractivity contribution is 5.93. The highest BCUT2D eigenvalue weighted by Crippen LogP contribution is 2.35. The molecule has 192 valence electrons. The third-order valence-electron chi connectivity index (χ3n) is 6.29. The molecule has 4 aromatic rings. The summed E-state index contributed by atoms with van der Waals surface area (Å²) < 4.78 is 43.9. The van der Waals surface area contributed by atoms with Crippen LogP contribution in [0.3, 0.4) is 0 Å². The number of hydrogen-bond donors (Lipinski definition) is 3. The lowest BCUT2D eigenvalue weighted by atomic mass is 9.92. The van der Waals surface area contributed by atoms with Crippen molar-refractivity contribution < 1.29 is 22.7 Å². The molecule has 12 heteroatoms. The highest BCUT2D eigenvalue weighted by atomic mass is 19.4. The molecule has 1 saturated heterocycles. The lowest BCUT2D eigenvalue weighted by Gasteiger charge is -2.30. The molecule has 2 atom stereocenters. The van der Waals surface area contributed by atoms with E-state index in [4.69, 9.17) is 4.74 Å². The lowest BCUT2D eigenvalue weighted by molar-refractivity contribution is -0.235. The average Bonchev–Trinajstić information content (AvgIpc) is 3.35. The first-order valence-electron chi connectivity index (χ1n) is 11.7. The van der Waals surface area contributed by atoms with Crippen molar-refractivity contribution in [3.8, 4) is 11.3 Å². The number of pyridine rings is 1.